The number of anilines is 1. The number of nitrogens with one attached hydrogen (secondary N) is 1. The summed E-state index contributed by atoms with van der Waals surface area (Å²) < 4.78 is 0. The van der Waals surface area contributed by atoms with Crippen LogP contribution in [0.3, 0.4) is 0 Å². The molecule has 0 radical (unpaired) electrons. The minimum atomic E-state index is -0.476. The third-order valence-corrected chi connectivity index (χ3v) is 8.33. The van der Waals surface area contributed by atoms with Gasteiger partial charge in [-0.25, -0.2) is 4.98 Å². The zero-order chi connectivity index (χ0) is 22.9. The van der Waals surface area contributed by atoms with Gasteiger partial charge in [0.2, 0.25) is 0 Å². The Hall–Kier alpha value is -3.03. The zero-order valence-electron chi connectivity index (χ0n) is 18.4. The molecular formula is C26H25N3O2S2. The van der Waals surface area contributed by atoms with E-state index in [1.165, 1.54) is 22.6 Å². The van der Waals surface area contributed by atoms with Gasteiger partial charge in [-0.05, 0) is 54.3 Å². The Morgan fingerprint density at radius 1 is 1.21 bits per heavy atom. The molecule has 0 saturated heterocycles. The number of thiophene rings is 2. The lowest BCUT2D eigenvalue weighted by atomic mass is 9.84. The standard InChI is InChI=1S/C26H25N3O2S2/c1-2-6-15-10-11-17-22(13-15)33-26(23(17)24(27)30)29-25(31)18-14-20(21-9-5-12-32-21)28-19-8-4-3-7-16(18)19/h3-5,7-9,12,14-15H,2,6,10-11,13H2,1H3,(H2,27,30)(H,29,31)/t15-/m1/s1. The first-order valence-electron chi connectivity index (χ1n) is 11.2. The van der Waals surface area contributed by atoms with Crippen molar-refractivity contribution in [3.63, 3.8) is 0 Å². The van der Waals surface area contributed by atoms with Gasteiger partial charge in [-0.2, -0.15) is 0 Å². The molecule has 0 aliphatic heterocycles. The second kappa shape index (κ2) is 9.08. The SMILES string of the molecule is CCC[C@@H]1CCc2c(sc(NC(=O)c3cc(-c4cccs4)nc4ccccc34)c2C(N)=O)C1. The maximum atomic E-state index is 13.5. The predicted octanol–water partition coefficient (Wildman–Crippen LogP) is 6.28. The number of pyridine rings is 1. The van der Waals surface area contributed by atoms with Crippen LogP contribution in [0, 0.1) is 5.92 Å². The highest BCUT2D eigenvalue weighted by Gasteiger charge is 2.29. The average molecular weight is 476 g/mol. The number of benzene rings is 1. The minimum absolute atomic E-state index is 0.252. The number of para-hydroxylation sites is 1. The second-order valence-corrected chi connectivity index (χ2v) is 10.5. The maximum absolute atomic E-state index is 13.5. The molecule has 4 aromatic rings. The summed E-state index contributed by atoms with van der Waals surface area (Å²) in [6.45, 7) is 2.20. The summed E-state index contributed by atoms with van der Waals surface area (Å²) in [5.74, 6) is -0.101. The molecule has 0 fully saturated rings. The molecule has 5 nitrogen and oxygen atoms in total. The fraction of sp³-hybridized carbons (Fsp3) is 0.269. The summed E-state index contributed by atoms with van der Waals surface area (Å²) >= 11 is 3.09. The first-order chi connectivity index (χ1) is 16.0. The fourth-order valence-corrected chi connectivity index (χ4v) is 6.79. The highest BCUT2D eigenvalue weighted by atomic mass is 32.1. The van der Waals surface area contributed by atoms with Crippen molar-refractivity contribution < 1.29 is 9.59 Å². The minimum Gasteiger partial charge on any atom is -0.365 e. The van der Waals surface area contributed by atoms with Crippen LogP contribution in [0.5, 0.6) is 0 Å². The van der Waals surface area contributed by atoms with E-state index in [4.69, 9.17) is 10.7 Å². The molecule has 2 amide bonds. The molecule has 7 heteroatoms. The molecule has 33 heavy (non-hydrogen) atoms. The van der Waals surface area contributed by atoms with Gasteiger partial charge in [0.1, 0.15) is 5.00 Å². The van der Waals surface area contributed by atoms with Crippen molar-refractivity contribution in [2.24, 2.45) is 11.7 Å². The second-order valence-electron chi connectivity index (χ2n) is 8.47. The summed E-state index contributed by atoms with van der Waals surface area (Å²) in [5, 5.41) is 6.37. The highest BCUT2D eigenvalue weighted by Crippen LogP contribution is 2.41. The summed E-state index contributed by atoms with van der Waals surface area (Å²) in [5.41, 5.74) is 9.34. The summed E-state index contributed by atoms with van der Waals surface area (Å²) in [7, 11) is 0. The molecule has 0 bridgehead atoms. The van der Waals surface area contributed by atoms with Crippen LogP contribution in [-0.4, -0.2) is 16.8 Å². The van der Waals surface area contributed by atoms with E-state index in [0.717, 1.165) is 52.7 Å². The van der Waals surface area contributed by atoms with Crippen LogP contribution in [0.25, 0.3) is 21.5 Å². The first kappa shape index (κ1) is 21.8. The van der Waals surface area contributed by atoms with Gasteiger partial charge >= 0.3 is 0 Å². The van der Waals surface area contributed by atoms with Crippen LogP contribution in [-0.2, 0) is 12.8 Å². The quantitative estimate of drug-likeness (QED) is 0.344. The highest BCUT2D eigenvalue weighted by molar-refractivity contribution is 7.17. The van der Waals surface area contributed by atoms with Gasteiger partial charge in [-0.1, -0.05) is 44.0 Å². The lowest BCUT2D eigenvalue weighted by Gasteiger charge is -2.21. The van der Waals surface area contributed by atoms with Gasteiger partial charge < -0.3 is 11.1 Å². The van der Waals surface area contributed by atoms with Crippen LogP contribution in [0.15, 0.2) is 47.8 Å². The largest absolute Gasteiger partial charge is 0.365 e. The van der Waals surface area contributed by atoms with Crippen LogP contribution in [0.2, 0.25) is 0 Å². The van der Waals surface area contributed by atoms with Gasteiger partial charge in [0, 0.05) is 10.3 Å². The molecule has 0 saturated carbocycles. The molecule has 0 unspecified atom stereocenters. The van der Waals surface area contributed by atoms with Gasteiger partial charge in [0.15, 0.2) is 0 Å². The summed E-state index contributed by atoms with van der Waals surface area (Å²) in [6.07, 6.45) is 5.18. The van der Waals surface area contributed by atoms with E-state index in [1.807, 2.05) is 47.8 Å². The molecule has 1 aliphatic carbocycles. The van der Waals surface area contributed by atoms with Crippen LogP contribution < -0.4 is 11.1 Å². The number of primary amides is 1. The van der Waals surface area contributed by atoms with E-state index in [-0.39, 0.29) is 5.91 Å². The molecule has 0 spiro atoms. The van der Waals surface area contributed by atoms with E-state index in [0.29, 0.717) is 22.0 Å². The maximum Gasteiger partial charge on any atom is 0.257 e. The summed E-state index contributed by atoms with van der Waals surface area (Å²) in [4.78, 5) is 32.8. The van der Waals surface area contributed by atoms with Gasteiger partial charge in [0.25, 0.3) is 11.8 Å². The Bertz CT molecular complexity index is 1340. The van der Waals surface area contributed by atoms with E-state index < -0.39 is 5.91 Å². The van der Waals surface area contributed by atoms with Crippen molar-refractivity contribution in [1.29, 1.82) is 0 Å². The Kier molecular flexibility index (Phi) is 6.00. The Morgan fingerprint density at radius 3 is 2.82 bits per heavy atom. The predicted molar refractivity (Wildman–Crippen MR) is 136 cm³/mol. The molecular weight excluding hydrogens is 450 g/mol. The number of carbonyl (C=O) groups excluding carboxylic acids is 2. The monoisotopic (exact) mass is 475 g/mol. The van der Waals surface area contributed by atoms with Crippen molar-refractivity contribution in [2.75, 3.05) is 5.32 Å². The Morgan fingerprint density at radius 2 is 2.06 bits per heavy atom. The number of carbonyl (C=O) groups is 2. The average Bonchev–Trinajstić information content (AvgIpc) is 3.46. The molecule has 3 heterocycles. The van der Waals surface area contributed by atoms with E-state index >= 15 is 0 Å². The molecule has 1 aliphatic rings. The van der Waals surface area contributed by atoms with Crippen molar-refractivity contribution in [1.82, 2.24) is 4.98 Å². The number of rotatable bonds is 6. The number of amides is 2. The lowest BCUT2D eigenvalue weighted by molar-refractivity contribution is 0.1000. The Balaban J connectivity index is 1.54. The van der Waals surface area contributed by atoms with Crippen LogP contribution in [0.1, 0.15) is 57.3 Å². The number of fused-ring (bicyclic) bond motifs is 2. The molecule has 5 rings (SSSR count). The zero-order valence-corrected chi connectivity index (χ0v) is 20.0. The van der Waals surface area contributed by atoms with Crippen molar-refractivity contribution in [3.8, 4) is 10.6 Å². The first-order valence-corrected chi connectivity index (χ1v) is 12.9. The smallest absolute Gasteiger partial charge is 0.257 e. The topological polar surface area (TPSA) is 85.1 Å². The third kappa shape index (κ3) is 4.18. The van der Waals surface area contributed by atoms with Gasteiger partial charge in [-0.3, -0.25) is 9.59 Å². The third-order valence-electron chi connectivity index (χ3n) is 6.27. The van der Waals surface area contributed by atoms with E-state index in [2.05, 4.69) is 12.2 Å². The molecule has 3 aromatic heterocycles. The van der Waals surface area contributed by atoms with Crippen LogP contribution >= 0.6 is 22.7 Å². The number of nitrogens with two attached hydrogens (primary N) is 1. The molecule has 168 valence electrons. The number of aromatic nitrogens is 1. The number of nitrogens with zero attached hydrogens (tertiary/aromatic N) is 1. The molecule has 1 aromatic carbocycles. The van der Waals surface area contributed by atoms with Crippen LogP contribution in [0.4, 0.5) is 5.00 Å². The summed E-state index contributed by atoms with van der Waals surface area (Å²) in [6, 6.07) is 13.4. The fourth-order valence-electron chi connectivity index (χ4n) is 4.74. The lowest BCUT2D eigenvalue weighted by Crippen LogP contribution is -2.20. The van der Waals surface area contributed by atoms with Crippen molar-refractivity contribution >= 4 is 50.4 Å². The van der Waals surface area contributed by atoms with Gasteiger partial charge in [0.05, 0.1) is 27.2 Å². The van der Waals surface area contributed by atoms with Crippen molar-refractivity contribution in [2.45, 2.75) is 39.0 Å². The molecule has 1 atom stereocenters. The normalized spacial score (nSPS) is 15.4. The van der Waals surface area contributed by atoms with Gasteiger partial charge in [-0.15, -0.1) is 22.7 Å². The number of hydrogen-bond acceptors (Lipinski definition) is 5. The molecule has 3 N–H and O–H groups in total. The van der Waals surface area contributed by atoms with E-state index in [1.54, 1.807) is 11.3 Å². The van der Waals surface area contributed by atoms with Crippen molar-refractivity contribution in [3.05, 3.63) is 69.4 Å². The van der Waals surface area contributed by atoms with E-state index in [9.17, 15) is 9.59 Å². The Labute approximate surface area is 200 Å². The number of hydrogen-bond donors (Lipinski definition) is 2.